The summed E-state index contributed by atoms with van der Waals surface area (Å²) in [4.78, 5) is 5.70. The Morgan fingerprint density at radius 1 is 1.05 bits per heavy atom. The van der Waals surface area contributed by atoms with E-state index in [1.807, 2.05) is 30.6 Å². The van der Waals surface area contributed by atoms with Crippen LogP contribution in [0.5, 0.6) is 5.75 Å². The van der Waals surface area contributed by atoms with Crippen LogP contribution in [-0.2, 0) is 12.3 Å². The lowest BCUT2D eigenvalue weighted by molar-refractivity contribution is 0.414. The summed E-state index contributed by atoms with van der Waals surface area (Å²) in [6, 6.07) is 18.6. The number of aromatic nitrogens is 2. The normalized spacial score (nSPS) is 10.6. The number of hydrogen-bond acceptors (Lipinski definition) is 3. The number of benzene rings is 2. The molecule has 0 spiro atoms. The van der Waals surface area contributed by atoms with Crippen molar-refractivity contribution in [1.29, 1.82) is 0 Å². The molecule has 22 heavy (non-hydrogen) atoms. The van der Waals surface area contributed by atoms with E-state index < -0.39 is 0 Å². The van der Waals surface area contributed by atoms with Crippen LogP contribution in [0.3, 0.4) is 0 Å². The lowest BCUT2D eigenvalue weighted by atomic mass is 10.2. The van der Waals surface area contributed by atoms with E-state index in [2.05, 4.69) is 45.9 Å². The average Bonchev–Trinajstić information content (AvgIpc) is 3.01. The molecule has 3 aromatic rings. The summed E-state index contributed by atoms with van der Waals surface area (Å²) >= 11 is 1.78. The van der Waals surface area contributed by atoms with Crippen LogP contribution in [0.4, 0.5) is 0 Å². The lowest BCUT2D eigenvalue weighted by Gasteiger charge is -2.08. The topological polar surface area (TPSA) is 27.1 Å². The highest BCUT2D eigenvalue weighted by Crippen LogP contribution is 2.24. The Hall–Kier alpha value is -2.20. The van der Waals surface area contributed by atoms with Crippen molar-refractivity contribution in [3.05, 3.63) is 78.4 Å². The van der Waals surface area contributed by atoms with Gasteiger partial charge in [-0.05, 0) is 29.8 Å². The molecule has 1 heterocycles. The van der Waals surface area contributed by atoms with Gasteiger partial charge in [-0.1, -0.05) is 30.3 Å². The Bertz CT molecular complexity index is 707. The molecule has 0 amide bonds. The standard InChI is InChI=1S/C18H18N2OS/c1-21-16-7-9-17(10-8-16)22-14-18-19-11-12-20(18)13-15-5-3-2-4-6-15/h2-12H,13-14H2,1H3. The maximum absolute atomic E-state index is 5.18. The first-order valence-corrected chi connectivity index (χ1v) is 8.14. The Labute approximate surface area is 135 Å². The van der Waals surface area contributed by atoms with Crippen molar-refractivity contribution in [3.63, 3.8) is 0 Å². The van der Waals surface area contributed by atoms with Crippen LogP contribution in [0.1, 0.15) is 11.4 Å². The third kappa shape index (κ3) is 3.71. The molecule has 0 N–H and O–H groups in total. The minimum absolute atomic E-state index is 0.853. The predicted octanol–water partition coefficient (Wildman–Crippen LogP) is 4.23. The van der Waals surface area contributed by atoms with Gasteiger partial charge in [-0.15, -0.1) is 11.8 Å². The van der Waals surface area contributed by atoms with E-state index in [0.717, 1.165) is 23.9 Å². The number of hydrogen-bond donors (Lipinski definition) is 0. The summed E-state index contributed by atoms with van der Waals surface area (Å²) in [6.45, 7) is 0.860. The molecular weight excluding hydrogens is 292 g/mol. The molecule has 0 bridgehead atoms. The van der Waals surface area contributed by atoms with Gasteiger partial charge < -0.3 is 9.30 Å². The molecule has 0 aliphatic heterocycles. The zero-order valence-electron chi connectivity index (χ0n) is 12.5. The molecule has 1 aromatic heterocycles. The summed E-state index contributed by atoms with van der Waals surface area (Å²) < 4.78 is 7.38. The predicted molar refractivity (Wildman–Crippen MR) is 90.3 cm³/mol. The highest BCUT2D eigenvalue weighted by Gasteiger charge is 2.05. The fourth-order valence-corrected chi connectivity index (χ4v) is 3.09. The molecule has 112 valence electrons. The van der Waals surface area contributed by atoms with Crippen molar-refractivity contribution in [2.75, 3.05) is 7.11 Å². The largest absolute Gasteiger partial charge is 0.497 e. The minimum Gasteiger partial charge on any atom is -0.497 e. The van der Waals surface area contributed by atoms with Crippen LogP contribution >= 0.6 is 11.8 Å². The molecule has 3 nitrogen and oxygen atoms in total. The number of thioether (sulfide) groups is 1. The second-order valence-electron chi connectivity index (χ2n) is 4.92. The van der Waals surface area contributed by atoms with Crippen molar-refractivity contribution in [2.24, 2.45) is 0 Å². The molecule has 4 heteroatoms. The number of nitrogens with zero attached hydrogens (tertiary/aromatic N) is 2. The third-order valence-electron chi connectivity index (χ3n) is 3.42. The molecule has 0 saturated heterocycles. The van der Waals surface area contributed by atoms with Gasteiger partial charge in [0, 0.05) is 23.8 Å². The van der Waals surface area contributed by atoms with Crippen molar-refractivity contribution in [1.82, 2.24) is 9.55 Å². The van der Waals surface area contributed by atoms with E-state index >= 15 is 0 Å². The maximum atomic E-state index is 5.18. The Morgan fingerprint density at radius 2 is 1.82 bits per heavy atom. The molecule has 0 fully saturated rings. The van der Waals surface area contributed by atoms with E-state index in [-0.39, 0.29) is 0 Å². The zero-order chi connectivity index (χ0) is 15.2. The first-order valence-electron chi connectivity index (χ1n) is 7.16. The number of ether oxygens (including phenoxy) is 1. The van der Waals surface area contributed by atoms with Gasteiger partial charge in [-0.2, -0.15) is 0 Å². The fourth-order valence-electron chi connectivity index (χ4n) is 2.22. The zero-order valence-corrected chi connectivity index (χ0v) is 13.3. The number of imidazole rings is 1. The molecule has 3 rings (SSSR count). The Balaban J connectivity index is 1.64. The highest BCUT2D eigenvalue weighted by atomic mass is 32.2. The van der Waals surface area contributed by atoms with Crippen molar-refractivity contribution in [3.8, 4) is 5.75 Å². The van der Waals surface area contributed by atoms with E-state index in [4.69, 9.17) is 4.74 Å². The van der Waals surface area contributed by atoms with Crippen LogP contribution < -0.4 is 4.74 Å². The van der Waals surface area contributed by atoms with Crippen molar-refractivity contribution in [2.45, 2.75) is 17.2 Å². The van der Waals surface area contributed by atoms with Gasteiger partial charge >= 0.3 is 0 Å². The van der Waals surface area contributed by atoms with Gasteiger partial charge in [-0.3, -0.25) is 0 Å². The molecule has 0 radical (unpaired) electrons. The second kappa shape index (κ2) is 7.18. The van der Waals surface area contributed by atoms with Crippen LogP contribution in [0.15, 0.2) is 71.9 Å². The third-order valence-corrected chi connectivity index (χ3v) is 4.43. The van der Waals surface area contributed by atoms with Crippen LogP contribution in [0.2, 0.25) is 0 Å². The van der Waals surface area contributed by atoms with Gasteiger partial charge in [0.2, 0.25) is 0 Å². The molecule has 0 saturated carbocycles. The van der Waals surface area contributed by atoms with E-state index in [1.54, 1.807) is 18.9 Å². The van der Waals surface area contributed by atoms with Gasteiger partial charge in [0.1, 0.15) is 11.6 Å². The van der Waals surface area contributed by atoms with E-state index in [0.29, 0.717) is 0 Å². The second-order valence-corrected chi connectivity index (χ2v) is 5.97. The van der Waals surface area contributed by atoms with Crippen molar-refractivity contribution < 1.29 is 4.74 Å². The van der Waals surface area contributed by atoms with Gasteiger partial charge in [0.15, 0.2) is 0 Å². The Morgan fingerprint density at radius 3 is 2.55 bits per heavy atom. The summed E-state index contributed by atoms with van der Waals surface area (Å²) in [7, 11) is 1.68. The fraction of sp³-hybridized carbons (Fsp3) is 0.167. The minimum atomic E-state index is 0.853. The van der Waals surface area contributed by atoms with Gasteiger partial charge in [0.25, 0.3) is 0 Å². The molecule has 0 aliphatic carbocycles. The first-order chi connectivity index (χ1) is 10.8. The van der Waals surface area contributed by atoms with Crippen LogP contribution in [-0.4, -0.2) is 16.7 Å². The Kier molecular flexibility index (Phi) is 4.81. The molecule has 2 aromatic carbocycles. The van der Waals surface area contributed by atoms with E-state index in [9.17, 15) is 0 Å². The smallest absolute Gasteiger partial charge is 0.119 e. The monoisotopic (exact) mass is 310 g/mol. The average molecular weight is 310 g/mol. The van der Waals surface area contributed by atoms with Crippen LogP contribution in [0.25, 0.3) is 0 Å². The van der Waals surface area contributed by atoms with Crippen molar-refractivity contribution >= 4 is 11.8 Å². The van der Waals surface area contributed by atoms with Gasteiger partial charge in [0.05, 0.1) is 12.9 Å². The van der Waals surface area contributed by atoms with Crippen LogP contribution in [0, 0.1) is 0 Å². The quantitative estimate of drug-likeness (QED) is 0.637. The van der Waals surface area contributed by atoms with E-state index in [1.165, 1.54) is 10.5 Å². The number of rotatable bonds is 6. The molecule has 0 aliphatic rings. The summed E-state index contributed by atoms with van der Waals surface area (Å²) in [6.07, 6.45) is 3.91. The molecule has 0 unspecified atom stereocenters. The summed E-state index contributed by atoms with van der Waals surface area (Å²) in [5.74, 6) is 2.83. The summed E-state index contributed by atoms with van der Waals surface area (Å²) in [5, 5.41) is 0. The number of methoxy groups -OCH3 is 1. The first kappa shape index (κ1) is 14.7. The SMILES string of the molecule is COc1ccc(SCc2nccn2Cc2ccccc2)cc1. The highest BCUT2D eigenvalue weighted by molar-refractivity contribution is 7.98. The molecular formula is C18H18N2OS. The molecule has 0 atom stereocenters. The maximum Gasteiger partial charge on any atom is 0.119 e. The van der Waals surface area contributed by atoms with Gasteiger partial charge in [-0.25, -0.2) is 4.98 Å². The summed E-state index contributed by atoms with van der Waals surface area (Å²) in [5.41, 5.74) is 1.29. The lowest BCUT2D eigenvalue weighted by Crippen LogP contribution is -2.03.